The summed E-state index contributed by atoms with van der Waals surface area (Å²) in [6.07, 6.45) is 0. The fourth-order valence-corrected chi connectivity index (χ4v) is 0.646. The third-order valence-corrected chi connectivity index (χ3v) is 1.63. The Kier molecular flexibility index (Phi) is 3.35. The molecule has 0 saturated heterocycles. The molecule has 0 spiro atoms. The lowest BCUT2D eigenvalue weighted by atomic mass is 10.4. The van der Waals surface area contributed by atoms with Crippen LogP contribution < -0.4 is 0 Å². The third kappa shape index (κ3) is 1.97. The predicted octanol–water partition coefficient (Wildman–Crippen LogP) is 1.20. The molecule has 0 fully saturated rings. The lowest BCUT2D eigenvalue weighted by Gasteiger charge is -2.05. The van der Waals surface area contributed by atoms with Crippen LogP contribution in [0.15, 0.2) is 0 Å². The number of alkyl halides is 3. The maximum absolute atomic E-state index is 10.4. The number of rotatable bonds is 3. The van der Waals surface area contributed by atoms with E-state index in [9.17, 15) is 14.9 Å². The van der Waals surface area contributed by atoms with Crippen molar-refractivity contribution in [3.63, 3.8) is 0 Å². The van der Waals surface area contributed by atoms with Gasteiger partial charge in [-0.3, -0.25) is 14.9 Å². The van der Waals surface area contributed by atoms with Crippen LogP contribution in [0.5, 0.6) is 0 Å². The molecule has 0 atom stereocenters. The normalized spacial score (nSPS) is 11.1. The van der Waals surface area contributed by atoms with Crippen LogP contribution in [0.25, 0.3) is 0 Å². The molecule has 0 aromatic carbocycles. The molecule has 7 heteroatoms. The zero-order chi connectivity index (χ0) is 8.36. The van der Waals surface area contributed by atoms with E-state index in [2.05, 4.69) is 0 Å². The number of halogens is 3. The Labute approximate surface area is 71.2 Å². The fourth-order valence-electron chi connectivity index (χ4n) is 0.182. The van der Waals surface area contributed by atoms with E-state index >= 15 is 0 Å². The summed E-state index contributed by atoms with van der Waals surface area (Å²) in [6.45, 7) is 0. The molecule has 58 valence electrons. The van der Waals surface area contributed by atoms with Crippen LogP contribution in [0.1, 0.15) is 0 Å². The summed E-state index contributed by atoms with van der Waals surface area (Å²) < 4.78 is -2.60. The van der Waals surface area contributed by atoms with Crippen molar-refractivity contribution in [2.45, 2.75) is 4.46 Å². The van der Waals surface area contributed by atoms with Crippen molar-refractivity contribution < 1.29 is 9.72 Å². The lowest BCUT2D eigenvalue weighted by Crippen LogP contribution is -2.35. The molecule has 0 radical (unpaired) electrons. The maximum Gasteiger partial charge on any atom is 0.430 e. The van der Waals surface area contributed by atoms with Crippen LogP contribution in [0, 0.1) is 10.1 Å². The van der Waals surface area contributed by atoms with Gasteiger partial charge in [0, 0.05) is 0 Å². The second-order valence-corrected chi connectivity index (χ2v) is 2.91. The summed E-state index contributed by atoms with van der Waals surface area (Å²) in [6, 6.07) is 0. The molecule has 0 bridgehead atoms. The van der Waals surface area contributed by atoms with Crippen LogP contribution in [-0.2, 0) is 4.79 Å². The molecule has 0 amide bonds. The highest BCUT2D eigenvalue weighted by Gasteiger charge is 2.46. The summed E-state index contributed by atoms with van der Waals surface area (Å²) in [4.78, 5) is 19.2. The number of carbonyl (C=O) groups excluding carboxylic acids is 1. The highest BCUT2D eigenvalue weighted by atomic mass is 35.5. The minimum absolute atomic E-state index is 0.575. The van der Waals surface area contributed by atoms with Crippen molar-refractivity contribution in [3.05, 3.63) is 10.1 Å². The smallest absolute Gasteiger partial charge is 0.287 e. The van der Waals surface area contributed by atoms with Gasteiger partial charge in [0.15, 0.2) is 0 Å². The minimum Gasteiger partial charge on any atom is -0.287 e. The van der Waals surface area contributed by atoms with E-state index in [4.69, 9.17) is 34.8 Å². The Balaban J connectivity index is 4.40. The predicted molar refractivity (Wildman–Crippen MR) is 37.2 cm³/mol. The third-order valence-electron chi connectivity index (χ3n) is 0.686. The van der Waals surface area contributed by atoms with Crippen molar-refractivity contribution in [1.29, 1.82) is 0 Å². The Morgan fingerprint density at radius 2 is 2.00 bits per heavy atom. The van der Waals surface area contributed by atoms with Crippen molar-refractivity contribution in [2.24, 2.45) is 0 Å². The summed E-state index contributed by atoms with van der Waals surface area (Å²) >= 11 is 14.9. The summed E-state index contributed by atoms with van der Waals surface area (Å²) in [7, 11) is 0. The van der Waals surface area contributed by atoms with Crippen molar-refractivity contribution in [1.82, 2.24) is 0 Å². The van der Waals surface area contributed by atoms with Crippen LogP contribution in [0.3, 0.4) is 0 Å². The Bertz CT molecular complexity index is 168. The number of nitrogens with zero attached hydrogens (tertiary/aromatic N) is 1. The fraction of sp³-hybridized carbons (Fsp3) is 0.667. The first-order valence-corrected chi connectivity index (χ1v) is 3.33. The Hall–Kier alpha value is -0.0600. The average Bonchev–Trinajstić information content (AvgIpc) is 1.86. The highest BCUT2D eigenvalue weighted by molar-refractivity contribution is 6.58. The highest BCUT2D eigenvalue weighted by Crippen LogP contribution is 2.22. The quantitative estimate of drug-likeness (QED) is 0.302. The van der Waals surface area contributed by atoms with Crippen molar-refractivity contribution in [3.8, 4) is 0 Å². The minimum atomic E-state index is -2.60. The van der Waals surface area contributed by atoms with E-state index in [1.807, 2.05) is 0 Å². The van der Waals surface area contributed by atoms with Gasteiger partial charge in [-0.1, -0.05) is 0 Å². The molecular weight excluding hydrogens is 204 g/mol. The summed E-state index contributed by atoms with van der Waals surface area (Å²) in [5, 5.41) is 9.88. The molecule has 4 nitrogen and oxygen atoms in total. The molecular formula is C3H2Cl3NO3. The lowest BCUT2D eigenvalue weighted by molar-refractivity contribution is -0.500. The van der Waals surface area contributed by atoms with E-state index in [1.54, 1.807) is 0 Å². The standard InChI is InChI=1S/C3H2Cl3NO3/c4-1-2(8)3(5,6)7(9)10/h1H2. The zero-order valence-corrected chi connectivity index (χ0v) is 6.78. The van der Waals surface area contributed by atoms with Crippen molar-refractivity contribution in [2.75, 3.05) is 5.88 Å². The molecule has 0 N–H and O–H groups in total. The number of hydrogen-bond donors (Lipinski definition) is 0. The second-order valence-electron chi connectivity index (χ2n) is 1.36. The van der Waals surface area contributed by atoms with Gasteiger partial charge >= 0.3 is 4.46 Å². The van der Waals surface area contributed by atoms with E-state index < -0.39 is 21.0 Å². The molecule has 0 aliphatic rings. The Morgan fingerprint density at radius 1 is 1.60 bits per heavy atom. The van der Waals surface area contributed by atoms with Gasteiger partial charge in [-0.05, 0) is 23.2 Å². The summed E-state index contributed by atoms with van der Waals surface area (Å²) in [5.41, 5.74) is 0. The van der Waals surface area contributed by atoms with Gasteiger partial charge in [0.2, 0.25) is 0 Å². The molecule has 0 unspecified atom stereocenters. The molecule has 0 aliphatic carbocycles. The number of nitro groups is 1. The number of hydrogen-bond acceptors (Lipinski definition) is 3. The number of carbonyl (C=O) groups is 1. The van der Waals surface area contributed by atoms with Crippen LogP contribution >= 0.6 is 34.8 Å². The van der Waals surface area contributed by atoms with Gasteiger partial charge < -0.3 is 0 Å². The first-order valence-electron chi connectivity index (χ1n) is 2.04. The maximum atomic E-state index is 10.4. The van der Waals surface area contributed by atoms with E-state index in [1.165, 1.54) is 0 Å². The number of Topliss-reactive ketones (excluding diaryl/α,β-unsaturated/α-hetero) is 1. The largest absolute Gasteiger partial charge is 0.430 e. The molecule has 10 heavy (non-hydrogen) atoms. The summed E-state index contributed by atoms with van der Waals surface area (Å²) in [5.74, 6) is -1.61. The topological polar surface area (TPSA) is 60.2 Å². The van der Waals surface area contributed by atoms with Gasteiger partial charge in [0.1, 0.15) is 0 Å². The monoisotopic (exact) mass is 205 g/mol. The molecule has 0 rings (SSSR count). The van der Waals surface area contributed by atoms with E-state index in [0.29, 0.717) is 0 Å². The van der Waals surface area contributed by atoms with Gasteiger partial charge in [-0.15, -0.1) is 11.6 Å². The van der Waals surface area contributed by atoms with Crippen molar-refractivity contribution >= 4 is 40.6 Å². The van der Waals surface area contributed by atoms with Gasteiger partial charge in [0.05, 0.1) is 10.8 Å². The molecule has 0 heterocycles. The first kappa shape index (κ1) is 9.94. The van der Waals surface area contributed by atoms with Gasteiger partial charge in [0.25, 0.3) is 5.78 Å². The van der Waals surface area contributed by atoms with E-state index in [-0.39, 0.29) is 0 Å². The van der Waals surface area contributed by atoms with Gasteiger partial charge in [-0.2, -0.15) is 0 Å². The molecule has 0 saturated carbocycles. The number of ketones is 1. The molecule has 0 aromatic rings. The van der Waals surface area contributed by atoms with E-state index in [0.717, 1.165) is 0 Å². The molecule has 0 aromatic heterocycles. The van der Waals surface area contributed by atoms with Gasteiger partial charge in [-0.25, -0.2) is 0 Å². The second kappa shape index (κ2) is 3.37. The average molecular weight is 206 g/mol. The van der Waals surface area contributed by atoms with Crippen LogP contribution in [-0.4, -0.2) is 21.0 Å². The van der Waals surface area contributed by atoms with Crippen LogP contribution in [0.2, 0.25) is 0 Å². The SMILES string of the molecule is O=C(CCl)C(Cl)(Cl)[N+](=O)[O-]. The zero-order valence-electron chi connectivity index (χ0n) is 4.51. The Morgan fingerprint density at radius 3 is 2.10 bits per heavy atom. The first-order chi connectivity index (χ1) is 4.42. The molecule has 0 aliphatic heterocycles. The van der Waals surface area contributed by atoms with Crippen LogP contribution in [0.4, 0.5) is 0 Å².